The van der Waals surface area contributed by atoms with Crippen LogP contribution in [0.15, 0.2) is 18.2 Å². The third-order valence-electron chi connectivity index (χ3n) is 4.15. The van der Waals surface area contributed by atoms with Crippen molar-refractivity contribution in [3.05, 3.63) is 29.3 Å². The van der Waals surface area contributed by atoms with Crippen LogP contribution >= 0.6 is 0 Å². The molecule has 1 N–H and O–H groups in total. The number of rotatable bonds is 4. The summed E-state index contributed by atoms with van der Waals surface area (Å²) in [4.78, 5) is 2.42. The van der Waals surface area contributed by atoms with Gasteiger partial charge in [0.1, 0.15) is 5.75 Å². The third-order valence-corrected chi connectivity index (χ3v) is 4.15. The first-order chi connectivity index (χ1) is 8.86. The highest BCUT2D eigenvalue weighted by Crippen LogP contribution is 2.26. The number of fused-ring (bicyclic) bond motifs is 1. The summed E-state index contributed by atoms with van der Waals surface area (Å²) in [6, 6.07) is 6.95. The van der Waals surface area contributed by atoms with E-state index in [1.54, 1.807) is 0 Å². The normalized spacial score (nSPS) is 23.1. The van der Waals surface area contributed by atoms with Gasteiger partial charge < -0.3 is 9.84 Å². The second kappa shape index (κ2) is 5.29. The zero-order chi connectivity index (χ0) is 12.4. The second-order valence-electron chi connectivity index (χ2n) is 5.31. The maximum Gasteiger partial charge on any atom is 0.122 e. The number of nitrogens with zero attached hydrogens (tertiary/aromatic N) is 1. The van der Waals surface area contributed by atoms with Gasteiger partial charge in [-0.2, -0.15) is 0 Å². The van der Waals surface area contributed by atoms with Gasteiger partial charge in [-0.1, -0.05) is 12.1 Å². The molecule has 0 amide bonds. The lowest BCUT2D eigenvalue weighted by Gasteiger charge is -2.22. The second-order valence-corrected chi connectivity index (χ2v) is 5.31. The molecule has 3 heteroatoms. The summed E-state index contributed by atoms with van der Waals surface area (Å²) in [6.07, 6.45) is 4.49. The molecular formula is C15H21NO2. The molecule has 0 radical (unpaired) electrons. The number of likely N-dealkylation sites (tertiary alicyclic amines) is 1. The zero-order valence-corrected chi connectivity index (χ0v) is 10.8. The Morgan fingerprint density at radius 3 is 3.22 bits per heavy atom. The minimum absolute atomic E-state index is 0.304. The van der Waals surface area contributed by atoms with Gasteiger partial charge >= 0.3 is 0 Å². The van der Waals surface area contributed by atoms with E-state index >= 15 is 0 Å². The van der Waals surface area contributed by atoms with Crippen molar-refractivity contribution in [3.8, 4) is 5.75 Å². The standard InChI is InChI=1S/C15H21NO2/c17-11-14-2-1-7-16(14)8-5-12-3-4-15-13(10-12)6-9-18-15/h3-4,10,14,17H,1-2,5-9,11H2. The van der Waals surface area contributed by atoms with Gasteiger partial charge in [-0.25, -0.2) is 0 Å². The van der Waals surface area contributed by atoms with Crippen LogP contribution in [0.1, 0.15) is 24.0 Å². The fraction of sp³-hybridized carbons (Fsp3) is 0.600. The summed E-state index contributed by atoms with van der Waals surface area (Å²) in [7, 11) is 0. The highest BCUT2D eigenvalue weighted by Gasteiger charge is 2.23. The molecule has 0 aromatic heterocycles. The Balaban J connectivity index is 1.60. The lowest BCUT2D eigenvalue weighted by Crippen LogP contribution is -2.33. The molecular weight excluding hydrogens is 226 g/mol. The minimum atomic E-state index is 0.304. The quantitative estimate of drug-likeness (QED) is 0.877. The van der Waals surface area contributed by atoms with Gasteiger partial charge in [0, 0.05) is 19.0 Å². The van der Waals surface area contributed by atoms with Crippen LogP contribution in [0.5, 0.6) is 5.75 Å². The first-order valence-electron chi connectivity index (χ1n) is 6.96. The summed E-state index contributed by atoms with van der Waals surface area (Å²) in [5.41, 5.74) is 2.75. The van der Waals surface area contributed by atoms with Crippen molar-refractivity contribution in [2.24, 2.45) is 0 Å². The molecule has 0 saturated carbocycles. The van der Waals surface area contributed by atoms with E-state index in [4.69, 9.17) is 4.74 Å². The van der Waals surface area contributed by atoms with Gasteiger partial charge in [-0.3, -0.25) is 4.90 Å². The van der Waals surface area contributed by atoms with Crippen molar-refractivity contribution in [2.75, 3.05) is 26.3 Å². The first kappa shape index (κ1) is 12.0. The summed E-state index contributed by atoms with van der Waals surface area (Å²) < 4.78 is 5.52. The predicted molar refractivity (Wildman–Crippen MR) is 71.0 cm³/mol. The summed E-state index contributed by atoms with van der Waals surface area (Å²) in [6.45, 7) is 3.33. The number of aliphatic hydroxyl groups excluding tert-OH is 1. The topological polar surface area (TPSA) is 32.7 Å². The van der Waals surface area contributed by atoms with Gasteiger partial charge in [0.25, 0.3) is 0 Å². The van der Waals surface area contributed by atoms with E-state index < -0.39 is 0 Å². The minimum Gasteiger partial charge on any atom is -0.493 e. The van der Waals surface area contributed by atoms with Gasteiger partial charge in [0.2, 0.25) is 0 Å². The molecule has 0 bridgehead atoms. The molecule has 2 heterocycles. The van der Waals surface area contributed by atoms with Crippen LogP contribution in [0.25, 0.3) is 0 Å². The summed E-state index contributed by atoms with van der Waals surface area (Å²) >= 11 is 0. The molecule has 1 aromatic rings. The average Bonchev–Trinajstić information content (AvgIpc) is 3.04. The van der Waals surface area contributed by atoms with Crippen LogP contribution in [-0.2, 0) is 12.8 Å². The van der Waals surface area contributed by atoms with E-state index in [9.17, 15) is 5.11 Å². The van der Waals surface area contributed by atoms with E-state index in [1.807, 2.05) is 0 Å². The molecule has 2 aliphatic rings. The monoisotopic (exact) mass is 247 g/mol. The summed E-state index contributed by atoms with van der Waals surface area (Å²) in [5.74, 6) is 1.06. The average molecular weight is 247 g/mol. The van der Waals surface area contributed by atoms with Crippen molar-refractivity contribution in [2.45, 2.75) is 31.7 Å². The molecule has 1 atom stereocenters. The van der Waals surface area contributed by atoms with Gasteiger partial charge in [-0.15, -0.1) is 0 Å². The molecule has 2 aliphatic heterocycles. The van der Waals surface area contributed by atoms with Gasteiger partial charge in [0.15, 0.2) is 0 Å². The van der Waals surface area contributed by atoms with E-state index in [2.05, 4.69) is 23.1 Å². The van der Waals surface area contributed by atoms with E-state index in [1.165, 1.54) is 17.5 Å². The largest absolute Gasteiger partial charge is 0.493 e. The highest BCUT2D eigenvalue weighted by molar-refractivity contribution is 5.39. The number of hydrogen-bond acceptors (Lipinski definition) is 3. The Bertz CT molecular complexity index is 419. The molecule has 3 rings (SSSR count). The fourth-order valence-electron chi connectivity index (χ4n) is 3.06. The maximum atomic E-state index is 9.30. The van der Waals surface area contributed by atoms with Gasteiger partial charge in [0.05, 0.1) is 13.2 Å². The van der Waals surface area contributed by atoms with Crippen LogP contribution in [0, 0.1) is 0 Å². The van der Waals surface area contributed by atoms with E-state index in [0.717, 1.165) is 44.7 Å². The molecule has 98 valence electrons. The van der Waals surface area contributed by atoms with Crippen LogP contribution < -0.4 is 4.74 Å². The van der Waals surface area contributed by atoms with Crippen LogP contribution in [0.4, 0.5) is 0 Å². The summed E-state index contributed by atoms with van der Waals surface area (Å²) in [5, 5.41) is 9.30. The van der Waals surface area contributed by atoms with Crippen LogP contribution in [-0.4, -0.2) is 42.4 Å². The third kappa shape index (κ3) is 2.38. The van der Waals surface area contributed by atoms with Crippen molar-refractivity contribution in [1.29, 1.82) is 0 Å². The Kier molecular flexibility index (Phi) is 3.52. The SMILES string of the molecule is OCC1CCCN1CCc1ccc2c(c1)CCO2. The molecule has 1 unspecified atom stereocenters. The fourth-order valence-corrected chi connectivity index (χ4v) is 3.06. The highest BCUT2D eigenvalue weighted by atomic mass is 16.5. The first-order valence-corrected chi connectivity index (χ1v) is 6.96. The Hall–Kier alpha value is -1.06. The molecule has 0 aliphatic carbocycles. The maximum absolute atomic E-state index is 9.30. The molecule has 18 heavy (non-hydrogen) atoms. The molecule has 1 fully saturated rings. The molecule has 0 spiro atoms. The van der Waals surface area contributed by atoms with Crippen molar-refractivity contribution in [3.63, 3.8) is 0 Å². The van der Waals surface area contributed by atoms with E-state index in [-0.39, 0.29) is 0 Å². The number of ether oxygens (including phenoxy) is 1. The van der Waals surface area contributed by atoms with Crippen molar-refractivity contribution < 1.29 is 9.84 Å². The smallest absolute Gasteiger partial charge is 0.122 e. The molecule has 1 aromatic carbocycles. The lowest BCUT2D eigenvalue weighted by molar-refractivity contribution is 0.160. The number of hydrogen-bond donors (Lipinski definition) is 1. The zero-order valence-electron chi connectivity index (χ0n) is 10.8. The van der Waals surface area contributed by atoms with Crippen molar-refractivity contribution in [1.82, 2.24) is 4.90 Å². The van der Waals surface area contributed by atoms with Gasteiger partial charge in [-0.05, 0) is 43.0 Å². The Labute approximate surface area is 108 Å². The molecule has 1 saturated heterocycles. The molecule has 3 nitrogen and oxygen atoms in total. The number of benzene rings is 1. The Morgan fingerprint density at radius 1 is 1.39 bits per heavy atom. The van der Waals surface area contributed by atoms with Crippen molar-refractivity contribution >= 4 is 0 Å². The predicted octanol–water partition coefficient (Wildman–Crippen LogP) is 1.62. The Morgan fingerprint density at radius 2 is 2.33 bits per heavy atom. The van der Waals surface area contributed by atoms with E-state index in [0.29, 0.717) is 12.6 Å². The number of aliphatic hydroxyl groups is 1. The van der Waals surface area contributed by atoms with Crippen LogP contribution in [0.2, 0.25) is 0 Å². The van der Waals surface area contributed by atoms with Crippen LogP contribution in [0.3, 0.4) is 0 Å². The lowest BCUT2D eigenvalue weighted by atomic mass is 10.1.